The van der Waals surface area contributed by atoms with E-state index in [4.69, 9.17) is 5.11 Å². The number of carbonyl (C=O) groups is 3. The first-order valence-corrected chi connectivity index (χ1v) is 8.11. The Bertz CT molecular complexity index is 419. The summed E-state index contributed by atoms with van der Waals surface area (Å²) in [6.45, 7) is 2.66. The van der Waals surface area contributed by atoms with E-state index in [1.54, 1.807) is 0 Å². The van der Waals surface area contributed by atoms with E-state index in [-0.39, 0.29) is 18.5 Å². The highest BCUT2D eigenvalue weighted by molar-refractivity contribution is 5.79. The number of likely N-dealkylation sites (tertiary alicyclic amines) is 2. The molecule has 0 aliphatic carbocycles. The van der Waals surface area contributed by atoms with Crippen molar-refractivity contribution in [3.8, 4) is 0 Å². The standard InChI is InChI=1S/C15H25N3O4/c19-13(17-8-3-1-2-4-9-17)5-7-16-15(22)18-10-6-12(11-18)14(20)21/h12H,1-11H2,(H,16,22)(H,20,21). The summed E-state index contributed by atoms with van der Waals surface area (Å²) in [6, 6.07) is -0.271. The van der Waals surface area contributed by atoms with Gasteiger partial charge in [-0.1, -0.05) is 12.8 Å². The topological polar surface area (TPSA) is 90.0 Å². The van der Waals surface area contributed by atoms with Crippen LogP contribution in [0.2, 0.25) is 0 Å². The van der Waals surface area contributed by atoms with Crippen LogP contribution >= 0.6 is 0 Å². The van der Waals surface area contributed by atoms with Gasteiger partial charge in [0.2, 0.25) is 5.91 Å². The predicted octanol–water partition coefficient (Wildman–Crippen LogP) is 0.895. The summed E-state index contributed by atoms with van der Waals surface area (Å²) in [5.41, 5.74) is 0. The number of amides is 3. The number of urea groups is 1. The summed E-state index contributed by atoms with van der Waals surface area (Å²) < 4.78 is 0. The van der Waals surface area contributed by atoms with Gasteiger partial charge in [-0.05, 0) is 19.3 Å². The lowest BCUT2D eigenvalue weighted by Gasteiger charge is -2.21. The Morgan fingerprint density at radius 1 is 1.00 bits per heavy atom. The molecule has 2 N–H and O–H groups in total. The smallest absolute Gasteiger partial charge is 0.317 e. The molecule has 7 heteroatoms. The lowest BCUT2D eigenvalue weighted by atomic mass is 10.1. The van der Waals surface area contributed by atoms with E-state index in [1.807, 2.05) is 4.90 Å². The molecule has 0 spiro atoms. The summed E-state index contributed by atoms with van der Waals surface area (Å²) in [4.78, 5) is 38.3. The fraction of sp³-hybridized carbons (Fsp3) is 0.800. The summed E-state index contributed by atoms with van der Waals surface area (Å²) in [6.07, 6.45) is 5.28. The molecule has 1 atom stereocenters. The van der Waals surface area contributed by atoms with Gasteiger partial charge < -0.3 is 20.2 Å². The average Bonchev–Trinajstić information content (AvgIpc) is 2.83. The number of nitrogens with zero attached hydrogens (tertiary/aromatic N) is 2. The van der Waals surface area contributed by atoms with Gasteiger partial charge in [0.05, 0.1) is 5.92 Å². The second-order valence-corrected chi connectivity index (χ2v) is 6.05. The third-order valence-corrected chi connectivity index (χ3v) is 4.40. The molecule has 0 saturated carbocycles. The van der Waals surface area contributed by atoms with Gasteiger partial charge in [0, 0.05) is 39.1 Å². The van der Waals surface area contributed by atoms with Gasteiger partial charge in [-0.2, -0.15) is 0 Å². The Balaban J connectivity index is 1.66. The third-order valence-electron chi connectivity index (χ3n) is 4.40. The molecule has 0 aromatic heterocycles. The molecular formula is C15H25N3O4. The number of aliphatic carboxylic acids is 1. The zero-order valence-corrected chi connectivity index (χ0v) is 12.9. The van der Waals surface area contributed by atoms with Gasteiger partial charge in [-0.3, -0.25) is 9.59 Å². The lowest BCUT2D eigenvalue weighted by molar-refractivity contribution is -0.141. The number of carbonyl (C=O) groups excluding carboxylic acids is 2. The Morgan fingerprint density at radius 3 is 2.27 bits per heavy atom. The third kappa shape index (κ3) is 4.61. The zero-order valence-electron chi connectivity index (χ0n) is 12.9. The van der Waals surface area contributed by atoms with Crippen molar-refractivity contribution in [1.29, 1.82) is 0 Å². The van der Waals surface area contributed by atoms with E-state index in [0.29, 0.717) is 25.9 Å². The fourth-order valence-corrected chi connectivity index (χ4v) is 3.01. The van der Waals surface area contributed by atoms with Gasteiger partial charge in [-0.15, -0.1) is 0 Å². The molecule has 0 aromatic carbocycles. The minimum absolute atomic E-state index is 0.0898. The SMILES string of the molecule is O=C(O)C1CCN(C(=O)NCCC(=O)N2CCCCCC2)C1. The molecule has 7 nitrogen and oxygen atoms in total. The van der Waals surface area contributed by atoms with Crippen LogP contribution in [0.1, 0.15) is 38.5 Å². The molecule has 124 valence electrons. The lowest BCUT2D eigenvalue weighted by Crippen LogP contribution is -2.41. The maximum absolute atomic E-state index is 12.1. The average molecular weight is 311 g/mol. The van der Waals surface area contributed by atoms with E-state index in [2.05, 4.69) is 5.32 Å². The van der Waals surface area contributed by atoms with Crippen molar-refractivity contribution in [1.82, 2.24) is 15.1 Å². The number of carboxylic acid groups (broad SMARTS) is 1. The van der Waals surface area contributed by atoms with Crippen LogP contribution in [0.15, 0.2) is 0 Å². The van der Waals surface area contributed by atoms with Crippen LogP contribution in [0.25, 0.3) is 0 Å². The Labute approximate surface area is 130 Å². The maximum Gasteiger partial charge on any atom is 0.317 e. The first kappa shape index (κ1) is 16.6. The summed E-state index contributed by atoms with van der Waals surface area (Å²) in [5.74, 6) is -1.23. The van der Waals surface area contributed by atoms with Crippen molar-refractivity contribution in [2.75, 3.05) is 32.7 Å². The number of nitrogens with one attached hydrogen (secondary N) is 1. The Morgan fingerprint density at radius 2 is 1.68 bits per heavy atom. The number of rotatable bonds is 4. The van der Waals surface area contributed by atoms with E-state index >= 15 is 0 Å². The highest BCUT2D eigenvalue weighted by atomic mass is 16.4. The van der Waals surface area contributed by atoms with Crippen LogP contribution in [-0.2, 0) is 9.59 Å². The highest BCUT2D eigenvalue weighted by Gasteiger charge is 2.30. The first-order valence-electron chi connectivity index (χ1n) is 8.11. The van der Waals surface area contributed by atoms with Crippen molar-refractivity contribution < 1.29 is 19.5 Å². The molecule has 1 unspecified atom stereocenters. The van der Waals surface area contributed by atoms with Gasteiger partial charge in [0.1, 0.15) is 0 Å². The number of hydrogen-bond acceptors (Lipinski definition) is 3. The highest BCUT2D eigenvalue weighted by Crippen LogP contribution is 2.16. The minimum Gasteiger partial charge on any atom is -0.481 e. The predicted molar refractivity (Wildman–Crippen MR) is 80.4 cm³/mol. The van der Waals surface area contributed by atoms with E-state index in [1.165, 1.54) is 17.7 Å². The van der Waals surface area contributed by atoms with Crippen LogP contribution in [0.3, 0.4) is 0 Å². The van der Waals surface area contributed by atoms with Crippen molar-refractivity contribution in [3.05, 3.63) is 0 Å². The second-order valence-electron chi connectivity index (χ2n) is 6.05. The summed E-state index contributed by atoms with van der Waals surface area (Å²) in [7, 11) is 0. The van der Waals surface area contributed by atoms with Crippen molar-refractivity contribution in [2.45, 2.75) is 38.5 Å². The molecule has 22 heavy (non-hydrogen) atoms. The molecule has 0 bridgehead atoms. The number of carboxylic acids is 1. The van der Waals surface area contributed by atoms with Gasteiger partial charge >= 0.3 is 12.0 Å². The van der Waals surface area contributed by atoms with Crippen LogP contribution in [-0.4, -0.2) is 65.5 Å². The van der Waals surface area contributed by atoms with Crippen molar-refractivity contribution in [2.24, 2.45) is 5.92 Å². The monoisotopic (exact) mass is 311 g/mol. The minimum atomic E-state index is -0.855. The molecule has 2 rings (SSSR count). The van der Waals surface area contributed by atoms with E-state index in [0.717, 1.165) is 25.9 Å². The molecule has 2 aliphatic heterocycles. The van der Waals surface area contributed by atoms with Crippen molar-refractivity contribution in [3.63, 3.8) is 0 Å². The maximum atomic E-state index is 12.1. The van der Waals surface area contributed by atoms with Gasteiger partial charge in [0.25, 0.3) is 0 Å². The van der Waals surface area contributed by atoms with E-state index < -0.39 is 11.9 Å². The van der Waals surface area contributed by atoms with Crippen LogP contribution in [0, 0.1) is 5.92 Å². The molecule has 2 saturated heterocycles. The molecule has 2 heterocycles. The zero-order chi connectivity index (χ0) is 15.9. The molecule has 2 fully saturated rings. The summed E-state index contributed by atoms with van der Waals surface area (Å²) >= 11 is 0. The Hall–Kier alpha value is -1.79. The van der Waals surface area contributed by atoms with Crippen LogP contribution in [0.4, 0.5) is 4.79 Å². The van der Waals surface area contributed by atoms with Crippen LogP contribution in [0.5, 0.6) is 0 Å². The van der Waals surface area contributed by atoms with Gasteiger partial charge in [-0.25, -0.2) is 4.79 Å². The first-order chi connectivity index (χ1) is 10.6. The molecule has 0 aromatic rings. The van der Waals surface area contributed by atoms with Gasteiger partial charge in [0.15, 0.2) is 0 Å². The second kappa shape index (κ2) is 8.00. The van der Waals surface area contributed by atoms with Crippen molar-refractivity contribution >= 4 is 17.9 Å². The fourth-order valence-electron chi connectivity index (χ4n) is 3.01. The Kier molecular flexibility index (Phi) is 6.03. The van der Waals surface area contributed by atoms with Crippen LogP contribution < -0.4 is 5.32 Å². The summed E-state index contributed by atoms with van der Waals surface area (Å²) in [5, 5.41) is 11.6. The molecule has 0 radical (unpaired) electrons. The molecule has 3 amide bonds. The number of hydrogen-bond donors (Lipinski definition) is 2. The van der Waals surface area contributed by atoms with E-state index in [9.17, 15) is 14.4 Å². The quantitative estimate of drug-likeness (QED) is 0.807. The molecular weight excluding hydrogens is 286 g/mol. The molecule has 2 aliphatic rings. The largest absolute Gasteiger partial charge is 0.481 e. The normalized spacial score (nSPS) is 22.3.